The highest BCUT2D eigenvalue weighted by Gasteiger charge is 2.44. The third-order valence-corrected chi connectivity index (χ3v) is 6.53. The van der Waals surface area contributed by atoms with E-state index in [2.05, 4.69) is 6.92 Å². The second-order valence-electron chi connectivity index (χ2n) is 9.77. The summed E-state index contributed by atoms with van der Waals surface area (Å²) in [6.45, 7) is 1.53. The quantitative estimate of drug-likeness (QED) is 0.112. The predicted octanol–water partition coefficient (Wildman–Crippen LogP) is 3.57. The maximum atomic E-state index is 10.0. The van der Waals surface area contributed by atoms with Crippen LogP contribution >= 0.6 is 0 Å². The van der Waals surface area contributed by atoms with Gasteiger partial charge in [-0.3, -0.25) is 0 Å². The Morgan fingerprint density at radius 2 is 1.31 bits per heavy atom. The Hall–Kier alpha value is -0.740. The molecule has 1 aliphatic heterocycles. The van der Waals surface area contributed by atoms with Gasteiger partial charge in [-0.2, -0.15) is 0 Å². The van der Waals surface area contributed by atoms with Crippen LogP contribution in [-0.4, -0.2) is 82.2 Å². The van der Waals surface area contributed by atoms with Gasteiger partial charge in [-0.1, -0.05) is 90.4 Å². The maximum absolute atomic E-state index is 10.0. The molecule has 0 aromatic heterocycles. The van der Waals surface area contributed by atoms with Gasteiger partial charge in [0.2, 0.25) is 0 Å². The summed E-state index contributed by atoms with van der Waals surface area (Å²) in [6.07, 6.45) is 15.6. The number of rotatable bonds is 22. The SMILES string of the molecule is CCCCCCCCCCCCCCCC/C=C/OCC(O)CO[C@@H]1[C@@H](O)[C@@H](O)[C@@H](CO)O[C@H]1O. The Balaban J connectivity index is 1.91. The van der Waals surface area contributed by atoms with Crippen LogP contribution < -0.4 is 0 Å². The van der Waals surface area contributed by atoms with Crippen molar-refractivity contribution in [3.8, 4) is 0 Å². The lowest BCUT2D eigenvalue weighted by molar-refractivity contribution is -0.299. The Kier molecular flexibility index (Phi) is 19.7. The van der Waals surface area contributed by atoms with E-state index in [0.29, 0.717) is 0 Å². The van der Waals surface area contributed by atoms with Crippen molar-refractivity contribution < 1.29 is 39.7 Å². The normalized spacial score (nSPS) is 25.8. The van der Waals surface area contributed by atoms with Crippen LogP contribution in [0.25, 0.3) is 0 Å². The lowest BCUT2D eigenvalue weighted by Gasteiger charge is -2.39. The molecule has 5 N–H and O–H groups in total. The number of unbranched alkanes of at least 4 members (excludes halogenated alkanes) is 14. The molecule has 208 valence electrons. The Bertz CT molecular complexity index is 504. The molecule has 0 aromatic rings. The molecule has 0 amide bonds. The highest BCUT2D eigenvalue weighted by molar-refractivity contribution is 4.89. The topological polar surface area (TPSA) is 129 Å². The van der Waals surface area contributed by atoms with Gasteiger partial charge in [0.05, 0.1) is 19.5 Å². The molecule has 35 heavy (non-hydrogen) atoms. The highest BCUT2D eigenvalue weighted by Crippen LogP contribution is 2.22. The van der Waals surface area contributed by atoms with Crippen LogP contribution in [0.4, 0.5) is 0 Å². The number of hydrogen-bond acceptors (Lipinski definition) is 8. The minimum Gasteiger partial charge on any atom is -0.499 e. The fraction of sp³-hybridized carbons (Fsp3) is 0.926. The van der Waals surface area contributed by atoms with Crippen LogP contribution in [0.2, 0.25) is 0 Å². The second-order valence-corrected chi connectivity index (χ2v) is 9.77. The molecule has 1 rings (SSSR count). The molecule has 8 nitrogen and oxygen atoms in total. The molecule has 1 heterocycles. The first-order valence-corrected chi connectivity index (χ1v) is 13.9. The van der Waals surface area contributed by atoms with Crippen LogP contribution in [-0.2, 0) is 14.2 Å². The van der Waals surface area contributed by atoms with Gasteiger partial charge in [-0.15, -0.1) is 0 Å². The highest BCUT2D eigenvalue weighted by atomic mass is 16.7. The number of aliphatic hydroxyl groups excluding tert-OH is 5. The first-order valence-electron chi connectivity index (χ1n) is 13.9. The number of allylic oxidation sites excluding steroid dienone is 1. The molecule has 1 aliphatic rings. The van der Waals surface area contributed by atoms with Crippen molar-refractivity contribution in [2.75, 3.05) is 19.8 Å². The molecule has 1 saturated heterocycles. The number of ether oxygens (including phenoxy) is 3. The van der Waals surface area contributed by atoms with Crippen LogP contribution in [0.3, 0.4) is 0 Å². The summed E-state index contributed by atoms with van der Waals surface area (Å²) < 4.78 is 15.6. The molecule has 0 spiro atoms. The van der Waals surface area contributed by atoms with Crippen molar-refractivity contribution >= 4 is 0 Å². The Morgan fingerprint density at radius 3 is 1.86 bits per heavy atom. The van der Waals surface area contributed by atoms with Crippen LogP contribution in [0, 0.1) is 0 Å². The molecule has 6 atom stereocenters. The first kappa shape index (κ1) is 32.3. The molecule has 0 aliphatic carbocycles. The lowest BCUT2D eigenvalue weighted by atomic mass is 9.99. The minimum atomic E-state index is -1.51. The smallest absolute Gasteiger partial charge is 0.184 e. The van der Waals surface area contributed by atoms with E-state index >= 15 is 0 Å². The van der Waals surface area contributed by atoms with E-state index in [9.17, 15) is 20.4 Å². The zero-order valence-electron chi connectivity index (χ0n) is 21.8. The van der Waals surface area contributed by atoms with Gasteiger partial charge in [-0.25, -0.2) is 0 Å². The van der Waals surface area contributed by atoms with Gasteiger partial charge < -0.3 is 39.7 Å². The van der Waals surface area contributed by atoms with E-state index in [-0.39, 0.29) is 13.2 Å². The van der Waals surface area contributed by atoms with Gasteiger partial charge in [0.15, 0.2) is 6.29 Å². The fourth-order valence-electron chi connectivity index (χ4n) is 4.28. The summed E-state index contributed by atoms with van der Waals surface area (Å²) in [4.78, 5) is 0. The van der Waals surface area contributed by atoms with Crippen molar-refractivity contribution in [1.82, 2.24) is 0 Å². The second kappa shape index (κ2) is 21.4. The van der Waals surface area contributed by atoms with Crippen LogP contribution in [0.5, 0.6) is 0 Å². The molecule has 1 fully saturated rings. The monoisotopic (exact) mass is 504 g/mol. The summed E-state index contributed by atoms with van der Waals surface area (Å²) in [5.74, 6) is 0. The predicted molar refractivity (Wildman–Crippen MR) is 136 cm³/mol. The van der Waals surface area contributed by atoms with Crippen molar-refractivity contribution in [3.63, 3.8) is 0 Å². The third kappa shape index (κ3) is 15.2. The third-order valence-electron chi connectivity index (χ3n) is 6.53. The summed E-state index contributed by atoms with van der Waals surface area (Å²) in [6, 6.07) is 0. The molecule has 0 radical (unpaired) electrons. The molecule has 0 aromatic carbocycles. The van der Waals surface area contributed by atoms with E-state index in [0.717, 1.165) is 12.8 Å². The average Bonchev–Trinajstić information content (AvgIpc) is 2.85. The fourth-order valence-corrected chi connectivity index (χ4v) is 4.28. The number of aliphatic hydroxyl groups is 5. The largest absolute Gasteiger partial charge is 0.499 e. The first-order chi connectivity index (χ1) is 17.0. The molecule has 1 unspecified atom stereocenters. The molecular weight excluding hydrogens is 452 g/mol. The lowest BCUT2D eigenvalue weighted by Crippen LogP contribution is -2.59. The zero-order chi connectivity index (χ0) is 25.7. The van der Waals surface area contributed by atoms with Gasteiger partial charge in [-0.05, 0) is 18.9 Å². The standard InChI is InChI=1S/C27H52O8/c1-2-3-4-5-6-7-8-9-10-11-12-13-14-15-16-17-18-33-20-22(29)21-34-26-25(31)24(30)23(19-28)35-27(26)32/h17-18,22-32H,2-16,19-21H2,1H3/b18-17+/t22?,23-,24+,25+,26-,27-/m1/s1. The van der Waals surface area contributed by atoms with E-state index in [1.54, 1.807) is 6.26 Å². The van der Waals surface area contributed by atoms with Crippen molar-refractivity contribution in [2.24, 2.45) is 0 Å². The van der Waals surface area contributed by atoms with Gasteiger partial charge in [0, 0.05) is 0 Å². The Labute approximate surface area is 212 Å². The number of hydrogen-bond donors (Lipinski definition) is 5. The van der Waals surface area contributed by atoms with Crippen molar-refractivity contribution in [3.05, 3.63) is 12.3 Å². The summed E-state index contributed by atoms with van der Waals surface area (Å²) >= 11 is 0. The van der Waals surface area contributed by atoms with Gasteiger partial charge >= 0.3 is 0 Å². The molecule has 8 heteroatoms. The Morgan fingerprint density at radius 1 is 0.771 bits per heavy atom. The zero-order valence-corrected chi connectivity index (χ0v) is 21.8. The molecular formula is C27H52O8. The maximum Gasteiger partial charge on any atom is 0.184 e. The van der Waals surface area contributed by atoms with Gasteiger partial charge in [0.25, 0.3) is 0 Å². The average molecular weight is 505 g/mol. The van der Waals surface area contributed by atoms with E-state index < -0.39 is 43.4 Å². The summed E-state index contributed by atoms with van der Waals surface area (Å²) in [5, 5.41) is 48.7. The molecule has 0 saturated carbocycles. The van der Waals surface area contributed by atoms with Crippen LogP contribution in [0.15, 0.2) is 12.3 Å². The van der Waals surface area contributed by atoms with E-state index in [1.807, 2.05) is 6.08 Å². The molecule has 0 bridgehead atoms. The summed E-state index contributed by atoms with van der Waals surface area (Å²) in [5.41, 5.74) is 0. The minimum absolute atomic E-state index is 0.0107. The van der Waals surface area contributed by atoms with E-state index in [1.165, 1.54) is 83.5 Å². The summed E-state index contributed by atoms with van der Waals surface area (Å²) in [7, 11) is 0. The van der Waals surface area contributed by atoms with Gasteiger partial charge in [0.1, 0.15) is 37.1 Å². The van der Waals surface area contributed by atoms with Crippen molar-refractivity contribution in [1.29, 1.82) is 0 Å². The van der Waals surface area contributed by atoms with Crippen LogP contribution in [0.1, 0.15) is 103 Å². The van der Waals surface area contributed by atoms with Crippen molar-refractivity contribution in [2.45, 2.75) is 140 Å². The van der Waals surface area contributed by atoms with E-state index in [4.69, 9.17) is 19.3 Å².